The Morgan fingerprint density at radius 2 is 1.83 bits per heavy atom. The highest BCUT2D eigenvalue weighted by atomic mass is 32.2. The van der Waals surface area contributed by atoms with Gasteiger partial charge in [-0.05, 0) is 48.9 Å². The lowest BCUT2D eigenvalue weighted by Gasteiger charge is -2.47. The van der Waals surface area contributed by atoms with Crippen LogP contribution in [0.3, 0.4) is 0 Å². The van der Waals surface area contributed by atoms with Crippen molar-refractivity contribution in [2.24, 2.45) is 11.8 Å². The SMILES string of the molecule is C[C@@H](C=C1SCCCS1)[C@H]1NC(=O)[C@@H]1[C@@H](C)O[Si](C)(C)C(C)(C)C. The van der Waals surface area contributed by atoms with E-state index >= 15 is 0 Å². The Hall–Kier alpha value is 0.0869. The number of β-lactam (4-membered cyclic amide) rings is 1. The standard InChI is InChI=1S/C18H33NO2S2Si/c1-12(11-14-22-9-8-10-23-14)16-15(17(20)19-16)13(2)21-24(6,7)18(3,4)5/h11-13,15-16H,8-10H2,1-7H3,(H,19,20)/t12-,13+,15+,16+/m0/s1. The second kappa shape index (κ2) is 7.76. The van der Waals surface area contributed by atoms with Crippen molar-refractivity contribution in [2.45, 2.75) is 71.3 Å². The summed E-state index contributed by atoms with van der Waals surface area (Å²) in [6.45, 7) is 15.6. The molecule has 2 saturated heterocycles. The zero-order chi connectivity index (χ0) is 18.1. The molecule has 1 N–H and O–H groups in total. The molecule has 2 fully saturated rings. The van der Waals surface area contributed by atoms with Gasteiger partial charge in [0.1, 0.15) is 0 Å². The van der Waals surface area contributed by atoms with Gasteiger partial charge in [-0.3, -0.25) is 4.79 Å². The van der Waals surface area contributed by atoms with Crippen LogP contribution < -0.4 is 5.32 Å². The predicted molar refractivity (Wildman–Crippen MR) is 110 cm³/mol. The number of thioether (sulfide) groups is 2. The maximum absolute atomic E-state index is 12.2. The monoisotopic (exact) mass is 387 g/mol. The second-order valence-corrected chi connectivity index (χ2v) is 15.8. The van der Waals surface area contributed by atoms with Gasteiger partial charge in [-0.2, -0.15) is 0 Å². The van der Waals surface area contributed by atoms with Gasteiger partial charge in [0.2, 0.25) is 5.91 Å². The molecular formula is C18H33NO2S2Si. The summed E-state index contributed by atoms with van der Waals surface area (Å²) in [5, 5.41) is 3.29. The van der Waals surface area contributed by atoms with E-state index in [-0.39, 0.29) is 29.0 Å². The topological polar surface area (TPSA) is 38.3 Å². The van der Waals surface area contributed by atoms with Crippen LogP contribution in [0, 0.1) is 11.8 Å². The molecule has 0 aliphatic carbocycles. The van der Waals surface area contributed by atoms with Crippen LogP contribution in [0.4, 0.5) is 0 Å². The van der Waals surface area contributed by atoms with E-state index in [2.05, 4.69) is 59.1 Å². The molecule has 2 heterocycles. The van der Waals surface area contributed by atoms with Crippen LogP contribution >= 0.6 is 23.5 Å². The van der Waals surface area contributed by atoms with Gasteiger partial charge in [0.15, 0.2) is 8.32 Å². The van der Waals surface area contributed by atoms with E-state index in [1.54, 1.807) is 0 Å². The summed E-state index contributed by atoms with van der Waals surface area (Å²) in [6, 6.07) is 0.202. The third-order valence-corrected chi connectivity index (χ3v) is 12.6. The fourth-order valence-electron chi connectivity index (χ4n) is 2.96. The van der Waals surface area contributed by atoms with Gasteiger partial charge in [-0.25, -0.2) is 0 Å². The fraction of sp³-hybridized carbons (Fsp3) is 0.833. The van der Waals surface area contributed by atoms with Crippen LogP contribution in [0.5, 0.6) is 0 Å². The first-order valence-electron chi connectivity index (χ1n) is 8.98. The lowest BCUT2D eigenvalue weighted by molar-refractivity contribution is -0.141. The van der Waals surface area contributed by atoms with Crippen molar-refractivity contribution in [2.75, 3.05) is 11.5 Å². The molecule has 0 spiro atoms. The molecule has 0 bridgehead atoms. The Kier molecular flexibility index (Phi) is 6.60. The van der Waals surface area contributed by atoms with Crippen molar-refractivity contribution in [3.8, 4) is 0 Å². The summed E-state index contributed by atoms with van der Waals surface area (Å²) in [5.74, 6) is 2.92. The van der Waals surface area contributed by atoms with Crippen LogP contribution in [0.25, 0.3) is 0 Å². The molecule has 6 heteroatoms. The number of hydrogen-bond donors (Lipinski definition) is 1. The maximum atomic E-state index is 12.2. The predicted octanol–water partition coefficient (Wildman–Crippen LogP) is 4.86. The van der Waals surface area contributed by atoms with Crippen molar-refractivity contribution in [3.05, 3.63) is 10.3 Å². The Morgan fingerprint density at radius 3 is 2.33 bits per heavy atom. The first-order valence-corrected chi connectivity index (χ1v) is 13.9. The van der Waals surface area contributed by atoms with E-state index < -0.39 is 8.32 Å². The van der Waals surface area contributed by atoms with Crippen LogP contribution in [0.15, 0.2) is 10.3 Å². The molecule has 138 valence electrons. The minimum absolute atomic E-state index is 0.0165. The maximum Gasteiger partial charge on any atom is 0.228 e. The van der Waals surface area contributed by atoms with E-state index in [1.165, 1.54) is 22.2 Å². The Morgan fingerprint density at radius 1 is 1.25 bits per heavy atom. The molecule has 2 rings (SSSR count). The highest BCUT2D eigenvalue weighted by molar-refractivity contribution is 8.22. The quantitative estimate of drug-likeness (QED) is 0.540. The molecule has 0 aromatic heterocycles. The molecule has 0 radical (unpaired) electrons. The van der Waals surface area contributed by atoms with Gasteiger partial charge in [-0.15, -0.1) is 23.5 Å². The molecule has 2 aliphatic rings. The van der Waals surface area contributed by atoms with E-state index in [4.69, 9.17) is 4.43 Å². The molecule has 24 heavy (non-hydrogen) atoms. The van der Waals surface area contributed by atoms with Gasteiger partial charge >= 0.3 is 0 Å². The molecule has 0 aromatic carbocycles. The van der Waals surface area contributed by atoms with Crippen LogP contribution in [-0.2, 0) is 9.22 Å². The van der Waals surface area contributed by atoms with Crippen molar-refractivity contribution in [1.29, 1.82) is 0 Å². The molecule has 4 atom stereocenters. The first kappa shape index (κ1) is 20.4. The smallest absolute Gasteiger partial charge is 0.228 e. The van der Waals surface area contributed by atoms with Crippen LogP contribution in [0.2, 0.25) is 18.1 Å². The summed E-state index contributed by atoms with van der Waals surface area (Å²) in [5.41, 5.74) is 0. The lowest BCUT2D eigenvalue weighted by Crippen LogP contribution is -2.65. The Balaban J connectivity index is 2.02. The summed E-state index contributed by atoms with van der Waals surface area (Å²) in [4.78, 5) is 12.2. The molecule has 0 saturated carbocycles. The second-order valence-electron chi connectivity index (χ2n) is 8.54. The van der Waals surface area contributed by atoms with E-state index in [1.807, 2.05) is 23.5 Å². The third kappa shape index (κ3) is 4.62. The van der Waals surface area contributed by atoms with E-state index in [9.17, 15) is 4.79 Å². The normalized spacial score (nSPS) is 28.0. The summed E-state index contributed by atoms with van der Waals surface area (Å²) < 4.78 is 7.92. The minimum atomic E-state index is -1.85. The molecule has 3 nitrogen and oxygen atoms in total. The van der Waals surface area contributed by atoms with Gasteiger partial charge in [0, 0.05) is 10.3 Å². The largest absolute Gasteiger partial charge is 0.413 e. The van der Waals surface area contributed by atoms with Crippen molar-refractivity contribution in [1.82, 2.24) is 5.32 Å². The number of rotatable bonds is 5. The number of carbonyl (C=O) groups excluding carboxylic acids is 1. The zero-order valence-electron chi connectivity index (χ0n) is 16.1. The summed E-state index contributed by atoms with van der Waals surface area (Å²) in [6.07, 6.45) is 3.63. The zero-order valence-corrected chi connectivity index (χ0v) is 18.8. The van der Waals surface area contributed by atoms with Crippen LogP contribution in [-0.4, -0.2) is 37.9 Å². The fourth-order valence-corrected chi connectivity index (χ4v) is 7.00. The molecule has 0 aromatic rings. The van der Waals surface area contributed by atoms with E-state index in [0.29, 0.717) is 5.92 Å². The average Bonchev–Trinajstić information content (AvgIpc) is 2.43. The Bertz CT molecular complexity index is 494. The minimum Gasteiger partial charge on any atom is -0.413 e. The highest BCUT2D eigenvalue weighted by Gasteiger charge is 2.48. The molecular weight excluding hydrogens is 354 g/mol. The number of amides is 1. The van der Waals surface area contributed by atoms with Crippen molar-refractivity contribution >= 4 is 37.7 Å². The first-order chi connectivity index (χ1) is 11.0. The number of hydrogen-bond acceptors (Lipinski definition) is 4. The van der Waals surface area contributed by atoms with Crippen molar-refractivity contribution < 1.29 is 9.22 Å². The number of carbonyl (C=O) groups is 1. The summed E-state index contributed by atoms with van der Waals surface area (Å²) >= 11 is 3.91. The molecule has 0 unspecified atom stereocenters. The molecule has 1 amide bonds. The number of nitrogens with one attached hydrogen (secondary N) is 1. The average molecular weight is 388 g/mol. The van der Waals surface area contributed by atoms with E-state index in [0.717, 1.165) is 0 Å². The van der Waals surface area contributed by atoms with Gasteiger partial charge in [0.05, 0.1) is 12.0 Å². The summed E-state index contributed by atoms with van der Waals surface area (Å²) in [7, 11) is -1.85. The van der Waals surface area contributed by atoms with Crippen LogP contribution in [0.1, 0.15) is 41.0 Å². The van der Waals surface area contributed by atoms with Gasteiger partial charge in [0.25, 0.3) is 0 Å². The van der Waals surface area contributed by atoms with Gasteiger partial charge < -0.3 is 9.74 Å². The Labute approximate surface area is 157 Å². The third-order valence-electron chi connectivity index (χ3n) is 5.53. The van der Waals surface area contributed by atoms with Crippen molar-refractivity contribution in [3.63, 3.8) is 0 Å². The highest BCUT2D eigenvalue weighted by Crippen LogP contribution is 2.41. The van der Waals surface area contributed by atoms with Gasteiger partial charge in [-0.1, -0.05) is 33.8 Å². The lowest BCUT2D eigenvalue weighted by atomic mass is 9.79. The molecule has 2 aliphatic heterocycles.